The van der Waals surface area contributed by atoms with Gasteiger partial charge in [-0.15, -0.1) is 0 Å². The van der Waals surface area contributed by atoms with Crippen molar-refractivity contribution < 1.29 is 24.5 Å². The van der Waals surface area contributed by atoms with Gasteiger partial charge >= 0.3 is 6.09 Å². The molecule has 140 valence electrons. The summed E-state index contributed by atoms with van der Waals surface area (Å²) in [4.78, 5) is 14.0. The van der Waals surface area contributed by atoms with E-state index in [1.807, 2.05) is 37.3 Å². The zero-order valence-corrected chi connectivity index (χ0v) is 15.4. The average Bonchev–Trinajstić information content (AvgIpc) is 2.85. The van der Waals surface area contributed by atoms with Gasteiger partial charge in [0, 0.05) is 12.5 Å². The fourth-order valence-corrected chi connectivity index (χ4v) is 3.30. The summed E-state index contributed by atoms with van der Waals surface area (Å²) in [6.45, 7) is 7.21. The van der Waals surface area contributed by atoms with Crippen LogP contribution in [0.5, 0.6) is 0 Å². The summed E-state index contributed by atoms with van der Waals surface area (Å²) < 4.78 is 11.5. The molecule has 1 heterocycles. The number of ether oxygens (including phenoxy) is 2. The Bertz CT molecular complexity index is 565. The molecule has 1 aliphatic heterocycles. The van der Waals surface area contributed by atoms with E-state index in [0.717, 1.165) is 5.56 Å². The maximum absolute atomic E-state index is 12.6. The zero-order chi connectivity index (χ0) is 18.7. The second-order valence-electron chi connectivity index (χ2n) is 7.71. The van der Waals surface area contributed by atoms with E-state index in [9.17, 15) is 15.0 Å². The van der Waals surface area contributed by atoms with Gasteiger partial charge in [0.1, 0.15) is 11.1 Å². The molecule has 25 heavy (non-hydrogen) atoms. The van der Waals surface area contributed by atoms with E-state index >= 15 is 0 Å². The lowest BCUT2D eigenvalue weighted by molar-refractivity contribution is -0.0930. The van der Waals surface area contributed by atoms with E-state index < -0.39 is 36.6 Å². The highest BCUT2D eigenvalue weighted by Crippen LogP contribution is 2.37. The first kappa shape index (κ1) is 19.7. The number of carbonyl (C=O) groups excluding carboxylic acids is 1. The quantitative estimate of drug-likeness (QED) is 0.850. The Kier molecular flexibility index (Phi) is 6.08. The molecule has 2 atom stereocenters. The van der Waals surface area contributed by atoms with Crippen molar-refractivity contribution in [1.82, 2.24) is 4.90 Å². The molecule has 0 spiro atoms. The standard InChI is InChI=1S/C19H29NO5/c1-14-10-20(17(23)25-18(2,3)4)19(12-21,13-22)16(14)24-11-15-8-6-5-7-9-15/h5-9,14,16,21-22H,10-13H2,1-4H3/t14-,16+/m0/s1. The molecule has 0 bridgehead atoms. The van der Waals surface area contributed by atoms with Crippen molar-refractivity contribution >= 4 is 6.09 Å². The molecule has 1 amide bonds. The van der Waals surface area contributed by atoms with E-state index in [4.69, 9.17) is 9.47 Å². The van der Waals surface area contributed by atoms with Gasteiger partial charge in [-0.25, -0.2) is 4.79 Å². The first-order valence-electron chi connectivity index (χ1n) is 8.61. The zero-order valence-electron chi connectivity index (χ0n) is 15.4. The number of amides is 1. The van der Waals surface area contributed by atoms with E-state index in [1.165, 1.54) is 4.90 Å². The van der Waals surface area contributed by atoms with Crippen LogP contribution in [0.2, 0.25) is 0 Å². The second kappa shape index (κ2) is 7.72. The summed E-state index contributed by atoms with van der Waals surface area (Å²) >= 11 is 0. The van der Waals surface area contributed by atoms with Gasteiger partial charge in [-0.2, -0.15) is 0 Å². The van der Waals surface area contributed by atoms with Crippen LogP contribution >= 0.6 is 0 Å². The van der Waals surface area contributed by atoms with Crippen LogP contribution < -0.4 is 0 Å². The van der Waals surface area contributed by atoms with Crippen LogP contribution in [0.15, 0.2) is 30.3 Å². The van der Waals surface area contributed by atoms with Crippen molar-refractivity contribution in [1.29, 1.82) is 0 Å². The maximum Gasteiger partial charge on any atom is 0.411 e. The summed E-state index contributed by atoms with van der Waals surface area (Å²) in [6.07, 6.45) is -1.04. The van der Waals surface area contributed by atoms with Gasteiger partial charge in [0.15, 0.2) is 0 Å². The highest BCUT2D eigenvalue weighted by Gasteiger charge is 2.55. The molecule has 1 saturated heterocycles. The molecule has 0 aliphatic carbocycles. The van der Waals surface area contributed by atoms with Crippen LogP contribution in [0.1, 0.15) is 33.3 Å². The molecule has 0 saturated carbocycles. The van der Waals surface area contributed by atoms with E-state index in [-0.39, 0.29) is 5.92 Å². The first-order chi connectivity index (χ1) is 11.7. The van der Waals surface area contributed by atoms with Crippen LogP contribution in [0.3, 0.4) is 0 Å². The van der Waals surface area contributed by atoms with E-state index in [0.29, 0.717) is 13.2 Å². The van der Waals surface area contributed by atoms with Crippen molar-refractivity contribution in [3.8, 4) is 0 Å². The van der Waals surface area contributed by atoms with Crippen LogP contribution in [0.4, 0.5) is 4.79 Å². The Morgan fingerprint density at radius 3 is 2.36 bits per heavy atom. The number of hydrogen-bond donors (Lipinski definition) is 2. The fraction of sp³-hybridized carbons (Fsp3) is 0.632. The predicted octanol–water partition coefficient (Wildman–Crippen LogP) is 2.18. The lowest BCUT2D eigenvalue weighted by atomic mass is 9.90. The molecule has 0 unspecified atom stereocenters. The molecule has 6 heteroatoms. The largest absolute Gasteiger partial charge is 0.444 e. The summed E-state index contributed by atoms with van der Waals surface area (Å²) in [7, 11) is 0. The fourth-order valence-electron chi connectivity index (χ4n) is 3.30. The summed E-state index contributed by atoms with van der Waals surface area (Å²) in [5.74, 6) is -0.0458. The SMILES string of the molecule is C[C@H]1CN(C(=O)OC(C)(C)C)C(CO)(CO)[C@@H]1OCc1ccccc1. The molecular formula is C19H29NO5. The molecule has 0 aromatic heterocycles. The predicted molar refractivity (Wildman–Crippen MR) is 94.0 cm³/mol. The third-order valence-electron chi connectivity index (χ3n) is 4.49. The highest BCUT2D eigenvalue weighted by atomic mass is 16.6. The number of nitrogens with zero attached hydrogens (tertiary/aromatic N) is 1. The molecule has 1 aromatic rings. The minimum absolute atomic E-state index is 0.0458. The molecular weight excluding hydrogens is 322 g/mol. The molecule has 1 aliphatic rings. The Labute approximate surface area is 149 Å². The molecule has 2 N–H and O–H groups in total. The molecule has 1 aromatic carbocycles. The van der Waals surface area contributed by atoms with Crippen LogP contribution in [-0.4, -0.2) is 58.2 Å². The number of aliphatic hydroxyl groups is 2. The Hall–Kier alpha value is -1.63. The second-order valence-corrected chi connectivity index (χ2v) is 7.71. The van der Waals surface area contributed by atoms with Gasteiger partial charge in [-0.3, -0.25) is 4.90 Å². The van der Waals surface area contributed by atoms with Crippen molar-refractivity contribution in [2.45, 2.75) is 51.5 Å². The Morgan fingerprint density at radius 2 is 1.84 bits per heavy atom. The van der Waals surface area contributed by atoms with Crippen molar-refractivity contribution in [2.24, 2.45) is 5.92 Å². The number of carbonyl (C=O) groups is 1. The number of likely N-dealkylation sites (tertiary alicyclic amines) is 1. The first-order valence-corrected chi connectivity index (χ1v) is 8.61. The summed E-state index contributed by atoms with van der Waals surface area (Å²) in [5.41, 5.74) is -0.855. The Morgan fingerprint density at radius 1 is 1.24 bits per heavy atom. The monoisotopic (exact) mass is 351 g/mol. The van der Waals surface area contributed by atoms with Crippen LogP contribution in [0, 0.1) is 5.92 Å². The van der Waals surface area contributed by atoms with Gasteiger partial charge in [-0.1, -0.05) is 37.3 Å². The van der Waals surface area contributed by atoms with E-state index in [2.05, 4.69) is 0 Å². The summed E-state index contributed by atoms with van der Waals surface area (Å²) in [6, 6.07) is 9.68. The minimum atomic E-state index is -1.20. The third kappa shape index (κ3) is 4.32. The number of aliphatic hydroxyl groups excluding tert-OH is 2. The van der Waals surface area contributed by atoms with Gasteiger partial charge in [-0.05, 0) is 26.3 Å². The molecule has 0 radical (unpaired) electrons. The van der Waals surface area contributed by atoms with Gasteiger partial charge < -0.3 is 19.7 Å². The van der Waals surface area contributed by atoms with Crippen molar-refractivity contribution in [3.05, 3.63) is 35.9 Å². The topological polar surface area (TPSA) is 79.2 Å². The van der Waals surface area contributed by atoms with Gasteiger partial charge in [0.05, 0.1) is 25.9 Å². The average molecular weight is 351 g/mol. The third-order valence-corrected chi connectivity index (χ3v) is 4.49. The lowest BCUT2D eigenvalue weighted by Crippen LogP contribution is -2.59. The number of hydrogen-bond acceptors (Lipinski definition) is 5. The van der Waals surface area contributed by atoms with Crippen molar-refractivity contribution in [3.63, 3.8) is 0 Å². The number of rotatable bonds is 5. The molecule has 2 rings (SSSR count). The lowest BCUT2D eigenvalue weighted by Gasteiger charge is -2.39. The van der Waals surface area contributed by atoms with Crippen molar-refractivity contribution in [2.75, 3.05) is 19.8 Å². The number of benzene rings is 1. The Balaban J connectivity index is 2.19. The normalized spacial score (nSPS) is 22.9. The molecule has 6 nitrogen and oxygen atoms in total. The van der Waals surface area contributed by atoms with E-state index in [1.54, 1.807) is 20.8 Å². The smallest absolute Gasteiger partial charge is 0.411 e. The van der Waals surface area contributed by atoms with Crippen LogP contribution in [-0.2, 0) is 16.1 Å². The molecule has 1 fully saturated rings. The highest BCUT2D eigenvalue weighted by molar-refractivity contribution is 5.70. The van der Waals surface area contributed by atoms with Gasteiger partial charge in [0.2, 0.25) is 0 Å². The summed E-state index contributed by atoms with van der Waals surface area (Å²) in [5, 5.41) is 20.1. The van der Waals surface area contributed by atoms with Gasteiger partial charge in [0.25, 0.3) is 0 Å². The maximum atomic E-state index is 12.6. The van der Waals surface area contributed by atoms with Crippen LogP contribution in [0.25, 0.3) is 0 Å². The minimum Gasteiger partial charge on any atom is -0.444 e.